The molecule has 1 aromatic heterocycles. The van der Waals surface area contributed by atoms with Gasteiger partial charge in [-0.15, -0.1) is 0 Å². The highest BCUT2D eigenvalue weighted by atomic mass is 35.5. The van der Waals surface area contributed by atoms with Crippen LogP contribution in [0.5, 0.6) is 0 Å². The average Bonchev–Trinajstić information content (AvgIpc) is 2.90. The van der Waals surface area contributed by atoms with Crippen molar-refractivity contribution < 1.29 is 4.79 Å². The number of aromatic nitrogens is 1. The number of rotatable bonds is 4. The number of amides is 1. The van der Waals surface area contributed by atoms with Gasteiger partial charge in [-0.1, -0.05) is 18.0 Å². The molecule has 5 heteroatoms. The van der Waals surface area contributed by atoms with E-state index in [0.29, 0.717) is 6.54 Å². The molecule has 112 valence electrons. The predicted molar refractivity (Wildman–Crippen MR) is 85.7 cm³/mol. The van der Waals surface area contributed by atoms with Crippen molar-refractivity contribution >= 4 is 28.4 Å². The molecule has 4 nitrogen and oxygen atoms in total. The molecule has 1 aromatic carbocycles. The van der Waals surface area contributed by atoms with Gasteiger partial charge in [-0.2, -0.15) is 0 Å². The smallest absolute Gasteiger partial charge is 0.237 e. The van der Waals surface area contributed by atoms with Crippen molar-refractivity contribution in [2.45, 2.75) is 31.7 Å². The van der Waals surface area contributed by atoms with E-state index in [0.717, 1.165) is 41.7 Å². The van der Waals surface area contributed by atoms with Crippen molar-refractivity contribution in [3.63, 3.8) is 0 Å². The fraction of sp³-hybridized carbons (Fsp3) is 0.438. The topological polar surface area (TPSA) is 56.9 Å². The third-order valence-corrected chi connectivity index (χ3v) is 4.28. The summed E-state index contributed by atoms with van der Waals surface area (Å²) in [6.45, 7) is 1.59. The Labute approximate surface area is 129 Å². The van der Waals surface area contributed by atoms with Gasteiger partial charge in [0.1, 0.15) is 0 Å². The number of carbonyl (C=O) groups is 1. The summed E-state index contributed by atoms with van der Waals surface area (Å²) in [6.07, 6.45) is 6.03. The number of hydrogen-bond acceptors (Lipinski definition) is 2. The van der Waals surface area contributed by atoms with Crippen LogP contribution in [0.1, 0.15) is 24.8 Å². The van der Waals surface area contributed by atoms with Crippen LogP contribution >= 0.6 is 11.6 Å². The van der Waals surface area contributed by atoms with Crippen LogP contribution in [-0.4, -0.2) is 30.0 Å². The second-order valence-corrected chi connectivity index (χ2v) is 5.98. The maximum atomic E-state index is 12.0. The van der Waals surface area contributed by atoms with Crippen molar-refractivity contribution in [3.05, 3.63) is 35.0 Å². The van der Waals surface area contributed by atoms with E-state index in [9.17, 15) is 4.79 Å². The molecule has 0 bridgehead atoms. The average molecular weight is 306 g/mol. The summed E-state index contributed by atoms with van der Waals surface area (Å²) in [5, 5.41) is 8.15. The van der Waals surface area contributed by atoms with Gasteiger partial charge >= 0.3 is 0 Å². The van der Waals surface area contributed by atoms with Crippen LogP contribution in [0.3, 0.4) is 0 Å². The van der Waals surface area contributed by atoms with Crippen molar-refractivity contribution in [1.82, 2.24) is 15.6 Å². The lowest BCUT2D eigenvalue weighted by atomic mass is 10.0. The van der Waals surface area contributed by atoms with E-state index in [2.05, 4.69) is 15.6 Å². The first-order chi connectivity index (χ1) is 10.2. The zero-order valence-electron chi connectivity index (χ0n) is 11.9. The fourth-order valence-electron chi connectivity index (χ4n) is 2.88. The lowest BCUT2D eigenvalue weighted by Gasteiger charge is -2.22. The van der Waals surface area contributed by atoms with E-state index in [1.54, 1.807) is 0 Å². The van der Waals surface area contributed by atoms with Gasteiger partial charge in [-0.05, 0) is 49.6 Å². The summed E-state index contributed by atoms with van der Waals surface area (Å²) in [5.41, 5.74) is 2.26. The molecule has 3 N–H and O–H groups in total. The van der Waals surface area contributed by atoms with E-state index >= 15 is 0 Å². The molecule has 1 aliphatic heterocycles. The maximum absolute atomic E-state index is 12.0. The van der Waals surface area contributed by atoms with E-state index in [4.69, 9.17) is 11.6 Å². The lowest BCUT2D eigenvalue weighted by Crippen LogP contribution is -2.47. The predicted octanol–water partition coefficient (Wildman–Crippen LogP) is 2.62. The molecule has 21 heavy (non-hydrogen) atoms. The number of carbonyl (C=O) groups excluding carboxylic acids is 1. The largest absolute Gasteiger partial charge is 0.361 e. The number of halogens is 1. The Bertz CT molecular complexity index is 631. The number of H-pyrrole nitrogens is 1. The van der Waals surface area contributed by atoms with Crippen molar-refractivity contribution in [1.29, 1.82) is 0 Å². The van der Waals surface area contributed by atoms with Crippen LogP contribution in [-0.2, 0) is 11.2 Å². The quantitative estimate of drug-likeness (QED) is 0.813. The second-order valence-electron chi connectivity index (χ2n) is 5.55. The van der Waals surface area contributed by atoms with Crippen molar-refractivity contribution in [3.8, 4) is 0 Å². The number of fused-ring (bicyclic) bond motifs is 1. The zero-order valence-corrected chi connectivity index (χ0v) is 12.7. The number of piperidine rings is 1. The van der Waals surface area contributed by atoms with E-state index in [-0.39, 0.29) is 11.9 Å². The molecule has 1 saturated heterocycles. The number of benzene rings is 1. The summed E-state index contributed by atoms with van der Waals surface area (Å²) in [4.78, 5) is 15.3. The van der Waals surface area contributed by atoms with Crippen LogP contribution in [0.2, 0.25) is 5.02 Å². The minimum absolute atomic E-state index is 0.0174. The summed E-state index contributed by atoms with van der Waals surface area (Å²) in [5.74, 6) is 0.118. The molecular weight excluding hydrogens is 286 g/mol. The lowest BCUT2D eigenvalue weighted by molar-refractivity contribution is -0.123. The summed E-state index contributed by atoms with van der Waals surface area (Å²) in [7, 11) is 0. The molecular formula is C16H20ClN3O. The first-order valence-electron chi connectivity index (χ1n) is 7.50. The number of nitrogens with one attached hydrogen (secondary N) is 3. The standard InChI is InChI=1S/C16H20ClN3O/c17-12-4-5-14-13(9-12)11(10-20-14)6-8-19-16(21)15-3-1-2-7-18-15/h4-5,9-10,15,18,20H,1-3,6-8H2,(H,19,21). The van der Waals surface area contributed by atoms with Crippen LogP contribution in [0, 0.1) is 0 Å². The molecule has 2 aromatic rings. The molecule has 2 heterocycles. The molecule has 1 fully saturated rings. The molecule has 1 unspecified atom stereocenters. The maximum Gasteiger partial charge on any atom is 0.237 e. The second kappa shape index (κ2) is 6.50. The Morgan fingerprint density at radius 3 is 3.10 bits per heavy atom. The monoisotopic (exact) mass is 305 g/mol. The van der Waals surface area contributed by atoms with Crippen LogP contribution in [0.15, 0.2) is 24.4 Å². The molecule has 3 rings (SSSR count). The zero-order chi connectivity index (χ0) is 14.7. The van der Waals surface area contributed by atoms with Gasteiger partial charge < -0.3 is 15.6 Å². The van der Waals surface area contributed by atoms with Crippen LogP contribution < -0.4 is 10.6 Å². The minimum atomic E-state index is -0.0174. The molecule has 1 aliphatic rings. The molecule has 0 radical (unpaired) electrons. The Kier molecular flexibility index (Phi) is 4.46. The molecule has 0 spiro atoms. The van der Waals surface area contributed by atoms with Crippen molar-refractivity contribution in [2.24, 2.45) is 0 Å². The Balaban J connectivity index is 1.56. The first kappa shape index (κ1) is 14.4. The van der Waals surface area contributed by atoms with Gasteiger partial charge in [0.05, 0.1) is 6.04 Å². The minimum Gasteiger partial charge on any atom is -0.361 e. The van der Waals surface area contributed by atoms with Crippen LogP contribution in [0.4, 0.5) is 0 Å². The first-order valence-corrected chi connectivity index (χ1v) is 7.88. The number of hydrogen-bond donors (Lipinski definition) is 3. The molecule has 1 amide bonds. The molecule has 0 aliphatic carbocycles. The summed E-state index contributed by atoms with van der Waals surface area (Å²) >= 11 is 6.04. The van der Waals surface area contributed by atoms with E-state index in [1.165, 1.54) is 12.0 Å². The van der Waals surface area contributed by atoms with Gasteiger partial charge in [0.25, 0.3) is 0 Å². The SMILES string of the molecule is O=C(NCCc1c[nH]c2ccc(Cl)cc12)C1CCCCN1. The highest BCUT2D eigenvalue weighted by Gasteiger charge is 2.19. The van der Waals surface area contributed by atoms with Gasteiger partial charge in [0.2, 0.25) is 5.91 Å². The highest BCUT2D eigenvalue weighted by molar-refractivity contribution is 6.31. The number of aromatic amines is 1. The Morgan fingerprint density at radius 2 is 2.29 bits per heavy atom. The summed E-state index contributed by atoms with van der Waals surface area (Å²) < 4.78 is 0. The molecule has 0 saturated carbocycles. The third-order valence-electron chi connectivity index (χ3n) is 4.05. The highest BCUT2D eigenvalue weighted by Crippen LogP contribution is 2.22. The molecule has 1 atom stereocenters. The van der Waals surface area contributed by atoms with Gasteiger partial charge in [-0.3, -0.25) is 4.79 Å². The Hall–Kier alpha value is -1.52. The van der Waals surface area contributed by atoms with E-state index < -0.39 is 0 Å². The van der Waals surface area contributed by atoms with Gasteiger partial charge in [0.15, 0.2) is 0 Å². The van der Waals surface area contributed by atoms with Crippen molar-refractivity contribution in [2.75, 3.05) is 13.1 Å². The van der Waals surface area contributed by atoms with Gasteiger partial charge in [0, 0.05) is 28.7 Å². The van der Waals surface area contributed by atoms with Crippen LogP contribution in [0.25, 0.3) is 10.9 Å². The third kappa shape index (κ3) is 3.39. The Morgan fingerprint density at radius 1 is 1.38 bits per heavy atom. The fourth-order valence-corrected chi connectivity index (χ4v) is 3.05. The normalized spacial score (nSPS) is 18.8. The van der Waals surface area contributed by atoms with Gasteiger partial charge in [-0.25, -0.2) is 0 Å². The summed E-state index contributed by atoms with van der Waals surface area (Å²) in [6, 6.07) is 5.80. The van der Waals surface area contributed by atoms with E-state index in [1.807, 2.05) is 24.4 Å².